The summed E-state index contributed by atoms with van der Waals surface area (Å²) in [7, 11) is 0. The SMILES string of the molecule is Cl.OCC1CC(F)CN1CC1CCNCC1. The van der Waals surface area contributed by atoms with Crippen molar-refractivity contribution in [1.29, 1.82) is 0 Å². The molecule has 0 aromatic rings. The molecule has 5 heteroatoms. The van der Waals surface area contributed by atoms with Gasteiger partial charge in [0.05, 0.1) is 6.61 Å². The van der Waals surface area contributed by atoms with Crippen molar-refractivity contribution in [3.05, 3.63) is 0 Å². The fourth-order valence-corrected chi connectivity index (χ4v) is 2.73. The first-order chi connectivity index (χ1) is 7.29. The van der Waals surface area contributed by atoms with E-state index in [0.29, 0.717) is 18.9 Å². The minimum Gasteiger partial charge on any atom is -0.395 e. The highest BCUT2D eigenvalue weighted by molar-refractivity contribution is 5.85. The Morgan fingerprint density at radius 2 is 2.00 bits per heavy atom. The summed E-state index contributed by atoms with van der Waals surface area (Å²) in [6, 6.07) is 0.0647. The van der Waals surface area contributed by atoms with Crippen LogP contribution in [0.3, 0.4) is 0 Å². The molecule has 2 fully saturated rings. The summed E-state index contributed by atoms with van der Waals surface area (Å²) in [5.41, 5.74) is 0. The molecule has 0 spiro atoms. The van der Waals surface area contributed by atoms with Gasteiger partial charge in [0.25, 0.3) is 0 Å². The molecule has 0 radical (unpaired) electrons. The number of aliphatic hydroxyl groups excluding tert-OH is 1. The van der Waals surface area contributed by atoms with Crippen LogP contribution in [0.5, 0.6) is 0 Å². The molecule has 16 heavy (non-hydrogen) atoms. The van der Waals surface area contributed by atoms with Crippen molar-refractivity contribution in [1.82, 2.24) is 10.2 Å². The highest BCUT2D eigenvalue weighted by Crippen LogP contribution is 2.23. The Bertz CT molecular complexity index is 202. The Labute approximate surface area is 103 Å². The lowest BCUT2D eigenvalue weighted by molar-refractivity contribution is 0.133. The minimum atomic E-state index is -0.733. The number of rotatable bonds is 3. The smallest absolute Gasteiger partial charge is 0.114 e. The normalized spacial score (nSPS) is 32.6. The van der Waals surface area contributed by atoms with E-state index >= 15 is 0 Å². The van der Waals surface area contributed by atoms with Crippen molar-refractivity contribution in [2.75, 3.05) is 32.8 Å². The summed E-state index contributed by atoms with van der Waals surface area (Å²) in [6.07, 6.45) is 2.16. The molecule has 2 rings (SSSR count). The zero-order chi connectivity index (χ0) is 10.7. The Kier molecular flexibility index (Phi) is 5.97. The van der Waals surface area contributed by atoms with Crippen molar-refractivity contribution in [3.8, 4) is 0 Å². The lowest BCUT2D eigenvalue weighted by atomic mass is 9.97. The van der Waals surface area contributed by atoms with Crippen LogP contribution in [-0.2, 0) is 0 Å². The molecule has 0 aliphatic carbocycles. The maximum atomic E-state index is 13.2. The number of likely N-dealkylation sites (tertiary alicyclic amines) is 1. The predicted octanol–water partition coefficient (Wildman–Crippen LogP) is 0.812. The van der Waals surface area contributed by atoms with E-state index in [-0.39, 0.29) is 25.1 Å². The molecule has 0 bridgehead atoms. The van der Waals surface area contributed by atoms with Crippen molar-refractivity contribution >= 4 is 12.4 Å². The topological polar surface area (TPSA) is 35.5 Å². The molecule has 96 valence electrons. The van der Waals surface area contributed by atoms with E-state index < -0.39 is 6.17 Å². The maximum absolute atomic E-state index is 13.2. The first-order valence-electron chi connectivity index (χ1n) is 5.99. The molecule has 2 aliphatic rings. The second kappa shape index (κ2) is 6.74. The van der Waals surface area contributed by atoms with E-state index in [2.05, 4.69) is 10.2 Å². The van der Waals surface area contributed by atoms with Crippen LogP contribution >= 0.6 is 12.4 Å². The van der Waals surface area contributed by atoms with Gasteiger partial charge in [-0.2, -0.15) is 0 Å². The van der Waals surface area contributed by atoms with Crippen LogP contribution in [-0.4, -0.2) is 55.0 Å². The second-order valence-electron chi connectivity index (χ2n) is 4.82. The van der Waals surface area contributed by atoms with Gasteiger partial charge in [-0.05, 0) is 38.3 Å². The predicted molar refractivity (Wildman–Crippen MR) is 64.8 cm³/mol. The number of piperidine rings is 1. The number of hydrogen-bond donors (Lipinski definition) is 2. The summed E-state index contributed by atoms with van der Waals surface area (Å²) in [6.45, 7) is 3.76. The first-order valence-corrected chi connectivity index (χ1v) is 5.99. The third kappa shape index (κ3) is 3.55. The van der Waals surface area contributed by atoms with Gasteiger partial charge in [0, 0.05) is 19.1 Å². The standard InChI is InChI=1S/C11H21FN2O.ClH/c12-10-5-11(8-15)14(7-10)6-9-1-3-13-4-2-9;/h9-11,13,15H,1-8H2;1H. The zero-order valence-corrected chi connectivity index (χ0v) is 10.4. The average Bonchev–Trinajstić information content (AvgIpc) is 2.60. The van der Waals surface area contributed by atoms with Gasteiger partial charge in [0.2, 0.25) is 0 Å². The Balaban J connectivity index is 0.00000128. The van der Waals surface area contributed by atoms with Gasteiger partial charge in [0.15, 0.2) is 0 Å². The number of nitrogens with one attached hydrogen (secondary N) is 1. The second-order valence-corrected chi connectivity index (χ2v) is 4.82. The summed E-state index contributed by atoms with van der Waals surface area (Å²) in [4.78, 5) is 2.14. The largest absolute Gasteiger partial charge is 0.395 e. The summed E-state index contributed by atoms with van der Waals surface area (Å²) in [5, 5.41) is 12.5. The molecule has 0 aromatic heterocycles. The van der Waals surface area contributed by atoms with Crippen molar-refractivity contribution in [2.45, 2.75) is 31.5 Å². The highest BCUT2D eigenvalue weighted by atomic mass is 35.5. The summed E-state index contributed by atoms with van der Waals surface area (Å²) in [5.74, 6) is 0.686. The van der Waals surface area contributed by atoms with E-state index in [9.17, 15) is 4.39 Å². The highest BCUT2D eigenvalue weighted by Gasteiger charge is 2.32. The third-order valence-electron chi connectivity index (χ3n) is 3.64. The molecule has 2 atom stereocenters. The van der Waals surface area contributed by atoms with E-state index in [1.165, 1.54) is 12.8 Å². The van der Waals surface area contributed by atoms with Crippen molar-refractivity contribution in [2.24, 2.45) is 5.92 Å². The first kappa shape index (κ1) is 14.2. The average molecular weight is 253 g/mol. The molecule has 2 aliphatic heterocycles. The molecule has 0 saturated carbocycles. The molecule has 2 unspecified atom stereocenters. The minimum absolute atomic E-state index is 0. The van der Waals surface area contributed by atoms with Gasteiger partial charge in [-0.15, -0.1) is 12.4 Å². The van der Waals surface area contributed by atoms with Crippen molar-refractivity contribution < 1.29 is 9.50 Å². The summed E-state index contributed by atoms with van der Waals surface area (Å²) >= 11 is 0. The molecular formula is C11H22ClFN2O. The van der Waals surface area contributed by atoms with Gasteiger partial charge in [-0.3, -0.25) is 4.90 Å². The van der Waals surface area contributed by atoms with Crippen LogP contribution < -0.4 is 5.32 Å². The van der Waals surface area contributed by atoms with Crippen LogP contribution in [0, 0.1) is 5.92 Å². The molecule has 0 amide bonds. The molecule has 2 N–H and O–H groups in total. The van der Waals surface area contributed by atoms with Gasteiger partial charge in [-0.25, -0.2) is 4.39 Å². The van der Waals surface area contributed by atoms with Crippen LogP contribution in [0.2, 0.25) is 0 Å². The zero-order valence-electron chi connectivity index (χ0n) is 9.57. The molecule has 2 heterocycles. The number of aliphatic hydroxyl groups is 1. The van der Waals surface area contributed by atoms with Crippen molar-refractivity contribution in [3.63, 3.8) is 0 Å². The fraction of sp³-hybridized carbons (Fsp3) is 1.00. The number of alkyl halides is 1. The quantitative estimate of drug-likeness (QED) is 0.781. The third-order valence-corrected chi connectivity index (χ3v) is 3.64. The fourth-order valence-electron chi connectivity index (χ4n) is 2.73. The lowest BCUT2D eigenvalue weighted by Gasteiger charge is -2.30. The van der Waals surface area contributed by atoms with Crippen LogP contribution in [0.4, 0.5) is 4.39 Å². The monoisotopic (exact) mass is 252 g/mol. The van der Waals surface area contributed by atoms with Gasteiger partial charge in [0.1, 0.15) is 6.17 Å². The van der Waals surface area contributed by atoms with Crippen LogP contribution in [0.1, 0.15) is 19.3 Å². The van der Waals surface area contributed by atoms with Gasteiger partial charge >= 0.3 is 0 Å². The van der Waals surface area contributed by atoms with Crippen LogP contribution in [0.15, 0.2) is 0 Å². The van der Waals surface area contributed by atoms with Gasteiger partial charge in [-0.1, -0.05) is 0 Å². The van der Waals surface area contributed by atoms with E-state index in [1.807, 2.05) is 0 Å². The molecule has 3 nitrogen and oxygen atoms in total. The van der Waals surface area contributed by atoms with Crippen LogP contribution in [0.25, 0.3) is 0 Å². The molecule has 2 saturated heterocycles. The number of halogens is 2. The Morgan fingerprint density at radius 1 is 1.31 bits per heavy atom. The van der Waals surface area contributed by atoms with E-state index in [0.717, 1.165) is 19.6 Å². The summed E-state index contributed by atoms with van der Waals surface area (Å²) < 4.78 is 13.2. The Hall–Kier alpha value is 0.1000. The van der Waals surface area contributed by atoms with E-state index in [1.54, 1.807) is 0 Å². The maximum Gasteiger partial charge on any atom is 0.114 e. The Morgan fingerprint density at radius 3 is 2.62 bits per heavy atom. The van der Waals surface area contributed by atoms with Gasteiger partial charge < -0.3 is 10.4 Å². The molecular weight excluding hydrogens is 231 g/mol. The van der Waals surface area contributed by atoms with E-state index in [4.69, 9.17) is 5.11 Å². The number of nitrogens with zero attached hydrogens (tertiary/aromatic N) is 1. The molecule has 0 aromatic carbocycles. The number of hydrogen-bond acceptors (Lipinski definition) is 3. The lowest BCUT2D eigenvalue weighted by Crippen LogP contribution is -2.39.